The summed E-state index contributed by atoms with van der Waals surface area (Å²) in [7, 11) is -3.34. The van der Waals surface area contributed by atoms with Gasteiger partial charge < -0.3 is 5.73 Å². The molecule has 1 saturated heterocycles. The maximum absolute atomic E-state index is 12.4. The van der Waals surface area contributed by atoms with E-state index in [-0.39, 0.29) is 4.99 Å². The Hall–Kier alpha value is -0.200. The highest BCUT2D eigenvalue weighted by Gasteiger charge is 2.34. The number of hydrogen-bond donors (Lipinski definition) is 1. The summed E-state index contributed by atoms with van der Waals surface area (Å²) in [4.78, 5) is 0.0909. The van der Waals surface area contributed by atoms with Crippen LogP contribution in [0, 0.1) is 5.92 Å². The third kappa shape index (κ3) is 3.65. The lowest BCUT2D eigenvalue weighted by Gasteiger charge is -2.33. The number of sulfonamides is 1. The van der Waals surface area contributed by atoms with E-state index in [0.29, 0.717) is 25.4 Å². The van der Waals surface area contributed by atoms with Crippen molar-refractivity contribution in [2.45, 2.75) is 51.2 Å². The van der Waals surface area contributed by atoms with E-state index in [2.05, 4.69) is 6.92 Å². The minimum Gasteiger partial charge on any atom is -0.392 e. The lowest BCUT2D eigenvalue weighted by atomic mass is 9.94. The molecule has 0 aliphatic carbocycles. The molecule has 1 atom stereocenters. The van der Waals surface area contributed by atoms with Crippen LogP contribution in [0.5, 0.6) is 0 Å². The van der Waals surface area contributed by atoms with Gasteiger partial charge >= 0.3 is 0 Å². The largest absolute Gasteiger partial charge is 0.392 e. The lowest BCUT2D eigenvalue weighted by Crippen LogP contribution is -2.47. The van der Waals surface area contributed by atoms with Crippen LogP contribution in [0.4, 0.5) is 0 Å². The summed E-state index contributed by atoms with van der Waals surface area (Å²) in [6.07, 6.45) is 4.73. The average Bonchev–Trinajstić information content (AvgIpc) is 2.30. The highest BCUT2D eigenvalue weighted by molar-refractivity contribution is 7.92. The normalized spacial score (nSPS) is 20.8. The molecule has 1 fully saturated rings. The molecule has 106 valence electrons. The second-order valence-corrected chi connectivity index (χ2v) is 7.56. The highest BCUT2D eigenvalue weighted by atomic mass is 32.2. The number of thiocarbonyl (C=S) groups is 1. The predicted octanol–water partition coefficient (Wildman–Crippen LogP) is 1.89. The number of hydrogen-bond acceptors (Lipinski definition) is 3. The van der Waals surface area contributed by atoms with Crippen LogP contribution in [0.15, 0.2) is 0 Å². The Morgan fingerprint density at radius 1 is 1.39 bits per heavy atom. The van der Waals surface area contributed by atoms with E-state index >= 15 is 0 Å². The molecule has 0 bridgehead atoms. The Bertz CT molecular complexity index is 374. The fourth-order valence-electron chi connectivity index (χ4n) is 2.60. The quantitative estimate of drug-likeness (QED) is 0.759. The van der Waals surface area contributed by atoms with Gasteiger partial charge in [-0.2, -0.15) is 0 Å². The van der Waals surface area contributed by atoms with Gasteiger partial charge in [-0.25, -0.2) is 12.7 Å². The molecule has 1 rings (SSSR count). The smallest absolute Gasteiger partial charge is 0.223 e. The summed E-state index contributed by atoms with van der Waals surface area (Å²) in [5, 5.41) is -0.699. The molecule has 1 aliphatic rings. The van der Waals surface area contributed by atoms with Gasteiger partial charge in [0, 0.05) is 13.1 Å². The van der Waals surface area contributed by atoms with Gasteiger partial charge in [-0.15, -0.1) is 0 Å². The summed E-state index contributed by atoms with van der Waals surface area (Å²) >= 11 is 4.87. The third-order valence-corrected chi connectivity index (χ3v) is 6.50. The van der Waals surface area contributed by atoms with Crippen LogP contribution in [0.25, 0.3) is 0 Å². The predicted molar refractivity (Wildman–Crippen MR) is 79.0 cm³/mol. The molecule has 1 heterocycles. The molecule has 0 aromatic carbocycles. The minimum atomic E-state index is -3.34. The molecule has 1 aliphatic heterocycles. The van der Waals surface area contributed by atoms with E-state index in [9.17, 15) is 8.42 Å². The Kier molecular flexibility index (Phi) is 6.01. The monoisotopic (exact) mass is 292 g/mol. The first-order chi connectivity index (χ1) is 8.43. The van der Waals surface area contributed by atoms with Gasteiger partial charge in [0.2, 0.25) is 10.0 Å². The van der Waals surface area contributed by atoms with Crippen LogP contribution in [-0.4, -0.2) is 36.1 Å². The van der Waals surface area contributed by atoms with Crippen molar-refractivity contribution >= 4 is 27.2 Å². The Morgan fingerprint density at radius 2 is 1.94 bits per heavy atom. The molecule has 0 amide bonds. The molecule has 0 saturated carbocycles. The summed E-state index contributed by atoms with van der Waals surface area (Å²) < 4.78 is 26.3. The highest BCUT2D eigenvalue weighted by Crippen LogP contribution is 2.25. The molecule has 1 unspecified atom stereocenters. The first-order valence-electron chi connectivity index (χ1n) is 6.71. The van der Waals surface area contributed by atoms with Gasteiger partial charge in [-0.05, 0) is 25.2 Å². The van der Waals surface area contributed by atoms with Crippen molar-refractivity contribution in [1.82, 2.24) is 4.31 Å². The SMILES string of the molecule is CCCC1CCN(S(=O)(=O)C(CC)C(N)=S)CC1. The molecule has 0 aromatic heterocycles. The van der Waals surface area contributed by atoms with Crippen LogP contribution in [0.1, 0.15) is 46.0 Å². The number of nitrogens with zero attached hydrogens (tertiary/aromatic N) is 1. The van der Waals surface area contributed by atoms with E-state index in [4.69, 9.17) is 18.0 Å². The molecule has 0 aromatic rings. The van der Waals surface area contributed by atoms with Crippen LogP contribution in [0.2, 0.25) is 0 Å². The van der Waals surface area contributed by atoms with E-state index < -0.39 is 15.3 Å². The van der Waals surface area contributed by atoms with E-state index in [1.54, 1.807) is 4.31 Å². The second kappa shape index (κ2) is 6.82. The van der Waals surface area contributed by atoms with Crippen LogP contribution in [-0.2, 0) is 10.0 Å². The molecule has 18 heavy (non-hydrogen) atoms. The molecule has 2 N–H and O–H groups in total. The summed E-state index contributed by atoms with van der Waals surface area (Å²) in [6, 6.07) is 0. The van der Waals surface area contributed by atoms with Crippen LogP contribution in [0.3, 0.4) is 0 Å². The molecule has 4 nitrogen and oxygen atoms in total. The Balaban J connectivity index is 2.68. The van der Waals surface area contributed by atoms with E-state index in [0.717, 1.165) is 12.8 Å². The zero-order valence-corrected chi connectivity index (χ0v) is 12.9. The van der Waals surface area contributed by atoms with Crippen LogP contribution >= 0.6 is 12.2 Å². The van der Waals surface area contributed by atoms with E-state index in [1.807, 2.05) is 6.92 Å². The standard InChI is InChI=1S/C12H24N2O2S2/c1-3-5-10-6-8-14(9-7-10)18(15,16)11(4-2)12(13)17/h10-11H,3-9H2,1-2H3,(H2,13,17). The van der Waals surface area contributed by atoms with Crippen molar-refractivity contribution in [3.63, 3.8) is 0 Å². The lowest BCUT2D eigenvalue weighted by molar-refractivity contribution is 0.261. The van der Waals surface area contributed by atoms with Crippen molar-refractivity contribution < 1.29 is 8.42 Å². The second-order valence-electron chi connectivity index (χ2n) is 4.98. The first-order valence-corrected chi connectivity index (χ1v) is 8.62. The van der Waals surface area contributed by atoms with Gasteiger partial charge in [-0.3, -0.25) is 0 Å². The minimum absolute atomic E-state index is 0.0909. The number of piperidine rings is 1. The number of rotatable bonds is 6. The molecular weight excluding hydrogens is 268 g/mol. The van der Waals surface area contributed by atoms with Gasteiger partial charge in [0.25, 0.3) is 0 Å². The maximum atomic E-state index is 12.4. The fraction of sp³-hybridized carbons (Fsp3) is 0.917. The Labute approximate surface area is 116 Å². The molecular formula is C12H24N2O2S2. The molecule has 6 heteroatoms. The zero-order chi connectivity index (χ0) is 13.8. The van der Waals surface area contributed by atoms with E-state index in [1.165, 1.54) is 12.8 Å². The average molecular weight is 292 g/mol. The van der Waals surface area contributed by atoms with Crippen molar-refractivity contribution in [1.29, 1.82) is 0 Å². The summed E-state index contributed by atoms with van der Waals surface area (Å²) in [5.41, 5.74) is 5.54. The van der Waals surface area contributed by atoms with Gasteiger partial charge in [0.05, 0.1) is 4.99 Å². The van der Waals surface area contributed by atoms with Crippen molar-refractivity contribution in [2.24, 2.45) is 11.7 Å². The number of nitrogens with two attached hydrogens (primary N) is 1. The zero-order valence-electron chi connectivity index (χ0n) is 11.3. The molecule has 0 radical (unpaired) electrons. The fourth-order valence-corrected chi connectivity index (χ4v) is 4.93. The first kappa shape index (κ1) is 15.9. The van der Waals surface area contributed by atoms with Crippen molar-refractivity contribution in [3.8, 4) is 0 Å². The molecule has 0 spiro atoms. The van der Waals surface area contributed by atoms with Gasteiger partial charge in [0.15, 0.2) is 0 Å². The maximum Gasteiger partial charge on any atom is 0.223 e. The van der Waals surface area contributed by atoms with Crippen molar-refractivity contribution in [2.75, 3.05) is 13.1 Å². The summed E-state index contributed by atoms with van der Waals surface area (Å²) in [6.45, 7) is 5.21. The van der Waals surface area contributed by atoms with Crippen LogP contribution < -0.4 is 5.73 Å². The Morgan fingerprint density at radius 3 is 2.33 bits per heavy atom. The van der Waals surface area contributed by atoms with Gasteiger partial charge in [-0.1, -0.05) is 38.9 Å². The third-order valence-electron chi connectivity index (χ3n) is 3.68. The van der Waals surface area contributed by atoms with Crippen molar-refractivity contribution in [3.05, 3.63) is 0 Å². The topological polar surface area (TPSA) is 63.4 Å². The summed E-state index contributed by atoms with van der Waals surface area (Å²) in [5.74, 6) is 0.673. The van der Waals surface area contributed by atoms with Gasteiger partial charge in [0.1, 0.15) is 5.25 Å².